The molecule has 0 saturated heterocycles. The molecule has 1 aromatic heterocycles. The van der Waals surface area contributed by atoms with Crippen molar-refractivity contribution in [3.63, 3.8) is 0 Å². The van der Waals surface area contributed by atoms with Gasteiger partial charge in [0.25, 0.3) is 5.91 Å². The Hall–Kier alpha value is -2.70. The van der Waals surface area contributed by atoms with Gasteiger partial charge in [0.2, 0.25) is 0 Å². The fourth-order valence-corrected chi connectivity index (χ4v) is 3.06. The fourth-order valence-electron chi connectivity index (χ4n) is 3.06. The van der Waals surface area contributed by atoms with E-state index in [-0.39, 0.29) is 12.2 Å². The van der Waals surface area contributed by atoms with Crippen LogP contribution in [0.2, 0.25) is 0 Å². The molecule has 0 spiro atoms. The van der Waals surface area contributed by atoms with Crippen molar-refractivity contribution in [2.45, 2.75) is 38.0 Å². The molecule has 1 amide bonds. The van der Waals surface area contributed by atoms with E-state index in [1.54, 1.807) is 0 Å². The maximum atomic E-state index is 13.0. The molecular formula is C18H19FN2O4. The standard InChI is InChI=1S/C18H19FN2O4/c19-12-8-6-11(7-9-12)14(18(23)24)10-20-17(22)16-13-4-2-1-3-5-15(13)25-21-16/h6-9,14H,1-5,10H2,(H,20,22)(H,23,24). The van der Waals surface area contributed by atoms with Crippen LogP contribution in [0.25, 0.3) is 0 Å². The van der Waals surface area contributed by atoms with E-state index in [0.29, 0.717) is 5.56 Å². The van der Waals surface area contributed by atoms with Crippen molar-refractivity contribution >= 4 is 11.9 Å². The van der Waals surface area contributed by atoms with E-state index < -0.39 is 23.6 Å². The fraction of sp³-hybridized carbons (Fsp3) is 0.389. The van der Waals surface area contributed by atoms with Crippen molar-refractivity contribution in [2.24, 2.45) is 0 Å². The summed E-state index contributed by atoms with van der Waals surface area (Å²) in [6, 6.07) is 5.21. The maximum absolute atomic E-state index is 13.0. The van der Waals surface area contributed by atoms with Crippen LogP contribution >= 0.6 is 0 Å². The highest BCUT2D eigenvalue weighted by atomic mass is 19.1. The number of hydrogen-bond acceptors (Lipinski definition) is 4. The number of aliphatic carboxylic acids is 1. The Labute approximate surface area is 144 Å². The number of halogens is 1. The monoisotopic (exact) mass is 346 g/mol. The lowest BCUT2D eigenvalue weighted by molar-refractivity contribution is -0.138. The normalized spacial score (nSPS) is 15.1. The first kappa shape index (κ1) is 17.1. The first-order chi connectivity index (χ1) is 12.1. The summed E-state index contributed by atoms with van der Waals surface area (Å²) in [5.41, 5.74) is 1.48. The number of carboxylic acid groups (broad SMARTS) is 1. The van der Waals surface area contributed by atoms with Crippen LogP contribution in [0.15, 0.2) is 28.8 Å². The minimum absolute atomic E-state index is 0.110. The second-order valence-electron chi connectivity index (χ2n) is 6.15. The van der Waals surface area contributed by atoms with Gasteiger partial charge in [-0.3, -0.25) is 9.59 Å². The predicted molar refractivity (Wildman–Crippen MR) is 86.9 cm³/mol. The summed E-state index contributed by atoms with van der Waals surface area (Å²) in [7, 11) is 0. The van der Waals surface area contributed by atoms with Crippen LogP contribution in [0.1, 0.15) is 52.6 Å². The smallest absolute Gasteiger partial charge is 0.312 e. The van der Waals surface area contributed by atoms with E-state index >= 15 is 0 Å². The first-order valence-electron chi connectivity index (χ1n) is 8.30. The Morgan fingerprint density at radius 1 is 1.20 bits per heavy atom. The Kier molecular flexibility index (Phi) is 5.11. The summed E-state index contributed by atoms with van der Waals surface area (Å²) < 4.78 is 18.3. The highest BCUT2D eigenvalue weighted by Crippen LogP contribution is 2.24. The lowest BCUT2D eigenvalue weighted by Gasteiger charge is -2.13. The minimum Gasteiger partial charge on any atom is -0.481 e. The molecule has 25 heavy (non-hydrogen) atoms. The lowest BCUT2D eigenvalue weighted by atomic mass is 9.99. The van der Waals surface area contributed by atoms with Gasteiger partial charge in [-0.05, 0) is 37.0 Å². The predicted octanol–water partition coefficient (Wildman–Crippen LogP) is 2.68. The summed E-state index contributed by atoms with van der Waals surface area (Å²) in [6.07, 6.45) is 4.57. The molecule has 132 valence electrons. The van der Waals surface area contributed by atoms with Gasteiger partial charge in [0, 0.05) is 18.5 Å². The van der Waals surface area contributed by atoms with Crippen molar-refractivity contribution in [3.8, 4) is 0 Å². The summed E-state index contributed by atoms with van der Waals surface area (Å²) >= 11 is 0. The van der Waals surface area contributed by atoms with Crippen molar-refractivity contribution in [2.75, 3.05) is 6.54 Å². The second kappa shape index (κ2) is 7.46. The Bertz CT molecular complexity index is 770. The van der Waals surface area contributed by atoms with E-state index in [1.807, 2.05) is 0 Å². The van der Waals surface area contributed by atoms with Gasteiger partial charge in [-0.2, -0.15) is 0 Å². The van der Waals surface area contributed by atoms with Crippen LogP contribution in [0.3, 0.4) is 0 Å². The lowest BCUT2D eigenvalue weighted by Crippen LogP contribution is -2.32. The number of rotatable bonds is 5. The van der Waals surface area contributed by atoms with Crippen molar-refractivity contribution in [1.82, 2.24) is 10.5 Å². The molecule has 0 bridgehead atoms. The van der Waals surface area contributed by atoms with Crippen molar-refractivity contribution < 1.29 is 23.6 Å². The van der Waals surface area contributed by atoms with Crippen LogP contribution in [0.4, 0.5) is 4.39 Å². The molecule has 1 heterocycles. The van der Waals surface area contributed by atoms with E-state index in [1.165, 1.54) is 24.3 Å². The zero-order chi connectivity index (χ0) is 17.8. The average molecular weight is 346 g/mol. The number of carbonyl (C=O) groups is 2. The van der Waals surface area contributed by atoms with E-state index in [4.69, 9.17) is 4.52 Å². The summed E-state index contributed by atoms with van der Waals surface area (Å²) in [5.74, 6) is -2.20. The molecule has 0 aliphatic heterocycles. The summed E-state index contributed by atoms with van der Waals surface area (Å²) in [4.78, 5) is 23.9. The molecule has 1 aromatic carbocycles. The van der Waals surface area contributed by atoms with Gasteiger partial charge in [0.1, 0.15) is 11.6 Å². The Morgan fingerprint density at radius 2 is 1.92 bits per heavy atom. The highest BCUT2D eigenvalue weighted by Gasteiger charge is 2.25. The van der Waals surface area contributed by atoms with Gasteiger partial charge in [-0.15, -0.1) is 0 Å². The molecule has 1 aliphatic carbocycles. The van der Waals surface area contributed by atoms with Gasteiger partial charge >= 0.3 is 5.97 Å². The molecule has 2 aromatic rings. The second-order valence-corrected chi connectivity index (χ2v) is 6.15. The number of nitrogens with one attached hydrogen (secondary N) is 1. The summed E-state index contributed by atoms with van der Waals surface area (Å²) in [6.45, 7) is -0.110. The SMILES string of the molecule is O=C(NCC(C(=O)O)c1ccc(F)cc1)c1noc2c1CCCCC2. The molecular weight excluding hydrogens is 327 g/mol. The molecule has 1 aliphatic rings. The van der Waals surface area contributed by atoms with Gasteiger partial charge in [0.15, 0.2) is 5.69 Å². The molecule has 2 N–H and O–H groups in total. The van der Waals surface area contributed by atoms with Crippen LogP contribution in [0, 0.1) is 5.82 Å². The topological polar surface area (TPSA) is 92.4 Å². The number of aromatic nitrogens is 1. The zero-order valence-electron chi connectivity index (χ0n) is 13.6. The molecule has 0 saturated carbocycles. The van der Waals surface area contributed by atoms with Gasteiger partial charge in [-0.25, -0.2) is 4.39 Å². The number of carbonyl (C=O) groups excluding carboxylic acids is 1. The number of benzene rings is 1. The van der Waals surface area contributed by atoms with Crippen molar-refractivity contribution in [1.29, 1.82) is 0 Å². The number of amides is 1. The average Bonchev–Trinajstić information content (AvgIpc) is 2.85. The van der Waals surface area contributed by atoms with Crippen LogP contribution in [-0.4, -0.2) is 28.7 Å². The maximum Gasteiger partial charge on any atom is 0.312 e. The number of aryl methyl sites for hydroxylation is 1. The molecule has 1 unspecified atom stereocenters. The molecule has 7 heteroatoms. The van der Waals surface area contributed by atoms with Crippen molar-refractivity contribution in [3.05, 3.63) is 52.7 Å². The molecule has 6 nitrogen and oxygen atoms in total. The number of fused-ring (bicyclic) bond motifs is 1. The van der Waals surface area contributed by atoms with Gasteiger partial charge < -0.3 is 14.9 Å². The van der Waals surface area contributed by atoms with E-state index in [9.17, 15) is 19.1 Å². The minimum atomic E-state index is -1.09. The Balaban J connectivity index is 1.71. The Morgan fingerprint density at radius 3 is 2.64 bits per heavy atom. The molecule has 0 fully saturated rings. The number of nitrogens with zero attached hydrogens (tertiary/aromatic N) is 1. The van der Waals surface area contributed by atoms with Crippen LogP contribution < -0.4 is 5.32 Å². The summed E-state index contributed by atoms with van der Waals surface area (Å²) in [5, 5.41) is 15.9. The largest absolute Gasteiger partial charge is 0.481 e. The third-order valence-electron chi connectivity index (χ3n) is 4.45. The highest BCUT2D eigenvalue weighted by molar-refractivity contribution is 5.94. The molecule has 3 rings (SSSR count). The number of carboxylic acids is 1. The van der Waals surface area contributed by atoms with Crippen LogP contribution in [-0.2, 0) is 17.6 Å². The quantitative estimate of drug-likeness (QED) is 0.812. The molecule has 1 atom stereocenters. The first-order valence-corrected chi connectivity index (χ1v) is 8.30. The molecule has 0 radical (unpaired) electrons. The zero-order valence-corrected chi connectivity index (χ0v) is 13.6. The van der Waals surface area contributed by atoms with E-state index in [0.717, 1.165) is 43.4 Å². The van der Waals surface area contributed by atoms with Crippen LogP contribution in [0.5, 0.6) is 0 Å². The number of hydrogen-bond donors (Lipinski definition) is 2. The third-order valence-corrected chi connectivity index (χ3v) is 4.45. The third kappa shape index (κ3) is 3.87. The van der Waals surface area contributed by atoms with Gasteiger partial charge in [0.05, 0.1) is 5.92 Å². The van der Waals surface area contributed by atoms with E-state index in [2.05, 4.69) is 10.5 Å². The van der Waals surface area contributed by atoms with Gasteiger partial charge in [-0.1, -0.05) is 23.7 Å².